The van der Waals surface area contributed by atoms with E-state index in [-0.39, 0.29) is 11.8 Å². The third-order valence-electron chi connectivity index (χ3n) is 4.38. The molecule has 108 valence electrons. The quantitative estimate of drug-likeness (QED) is 0.810. The molecule has 0 aromatic heterocycles. The van der Waals surface area contributed by atoms with E-state index in [2.05, 4.69) is 17.4 Å². The topological polar surface area (TPSA) is 52.6 Å². The van der Waals surface area contributed by atoms with Crippen LogP contribution in [0.15, 0.2) is 24.3 Å². The maximum absolute atomic E-state index is 12.8. The number of hydrogen-bond acceptors (Lipinski definition) is 3. The Balaban J connectivity index is 1.81. The van der Waals surface area contributed by atoms with Gasteiger partial charge in [-0.25, -0.2) is 0 Å². The van der Waals surface area contributed by atoms with E-state index < -0.39 is 5.60 Å². The monoisotopic (exact) mass is 274 g/mol. The molecule has 1 aromatic carbocycles. The summed E-state index contributed by atoms with van der Waals surface area (Å²) in [6.45, 7) is 4.55. The van der Waals surface area contributed by atoms with E-state index in [1.165, 1.54) is 5.56 Å². The van der Waals surface area contributed by atoms with Gasteiger partial charge >= 0.3 is 0 Å². The number of hydrogen-bond donors (Lipinski definition) is 2. The van der Waals surface area contributed by atoms with E-state index in [0.29, 0.717) is 13.1 Å². The first-order valence-electron chi connectivity index (χ1n) is 7.36. The number of rotatable bonds is 1. The molecule has 0 bridgehead atoms. The highest BCUT2D eigenvalue weighted by molar-refractivity contribution is 5.85. The second kappa shape index (κ2) is 5.19. The fourth-order valence-electron chi connectivity index (χ4n) is 3.35. The number of piperidine rings is 1. The summed E-state index contributed by atoms with van der Waals surface area (Å²) in [5.74, 6) is 0.0264. The minimum absolute atomic E-state index is 0.117. The minimum Gasteiger partial charge on any atom is -0.388 e. The van der Waals surface area contributed by atoms with Gasteiger partial charge in [-0.1, -0.05) is 24.3 Å². The summed E-state index contributed by atoms with van der Waals surface area (Å²) in [7, 11) is 0. The molecule has 0 radical (unpaired) electrons. The Morgan fingerprint density at radius 2 is 2.25 bits per heavy atom. The average molecular weight is 274 g/mol. The van der Waals surface area contributed by atoms with Crippen molar-refractivity contribution in [3.63, 3.8) is 0 Å². The van der Waals surface area contributed by atoms with Crippen LogP contribution in [-0.4, -0.2) is 41.1 Å². The number of likely N-dealkylation sites (tertiary alicyclic amines) is 1. The summed E-state index contributed by atoms with van der Waals surface area (Å²) in [6, 6.07) is 8.14. The SMILES string of the molecule is CC1(O)CCCN(C(=O)C2CNCc3ccccc32)C1. The average Bonchev–Trinajstić information content (AvgIpc) is 2.45. The molecule has 0 aliphatic carbocycles. The summed E-state index contributed by atoms with van der Waals surface area (Å²) in [5.41, 5.74) is 1.61. The Morgan fingerprint density at radius 3 is 3.05 bits per heavy atom. The van der Waals surface area contributed by atoms with E-state index in [1.807, 2.05) is 24.0 Å². The summed E-state index contributed by atoms with van der Waals surface area (Å²) < 4.78 is 0. The van der Waals surface area contributed by atoms with Crippen molar-refractivity contribution in [3.8, 4) is 0 Å². The lowest BCUT2D eigenvalue weighted by Gasteiger charge is -2.39. The van der Waals surface area contributed by atoms with Gasteiger partial charge in [0.25, 0.3) is 0 Å². The van der Waals surface area contributed by atoms with Gasteiger partial charge in [0.05, 0.1) is 11.5 Å². The molecule has 2 aliphatic rings. The number of fused-ring (bicyclic) bond motifs is 1. The van der Waals surface area contributed by atoms with Crippen LogP contribution < -0.4 is 5.32 Å². The molecule has 20 heavy (non-hydrogen) atoms. The van der Waals surface area contributed by atoms with Gasteiger partial charge < -0.3 is 15.3 Å². The highest BCUT2D eigenvalue weighted by Crippen LogP contribution is 2.28. The number of carbonyl (C=O) groups is 1. The first-order valence-corrected chi connectivity index (χ1v) is 7.36. The second-order valence-electron chi connectivity index (χ2n) is 6.24. The van der Waals surface area contributed by atoms with Crippen molar-refractivity contribution >= 4 is 5.91 Å². The van der Waals surface area contributed by atoms with Gasteiger partial charge in [-0.15, -0.1) is 0 Å². The molecule has 4 nitrogen and oxygen atoms in total. The van der Waals surface area contributed by atoms with Gasteiger partial charge in [-0.05, 0) is 30.9 Å². The van der Waals surface area contributed by atoms with Crippen LogP contribution in [0.4, 0.5) is 0 Å². The fraction of sp³-hybridized carbons (Fsp3) is 0.562. The molecule has 0 spiro atoms. The van der Waals surface area contributed by atoms with Crippen LogP contribution in [0.25, 0.3) is 0 Å². The zero-order chi connectivity index (χ0) is 14.2. The molecule has 3 rings (SSSR count). The molecule has 2 N–H and O–H groups in total. The predicted octanol–water partition coefficient (Wildman–Crippen LogP) is 1.25. The molecule has 1 amide bonds. The van der Waals surface area contributed by atoms with Crippen molar-refractivity contribution in [3.05, 3.63) is 35.4 Å². The Hall–Kier alpha value is -1.39. The maximum atomic E-state index is 12.8. The Labute approximate surface area is 119 Å². The van der Waals surface area contributed by atoms with Crippen molar-refractivity contribution in [2.24, 2.45) is 0 Å². The molecular formula is C16H22N2O2. The van der Waals surface area contributed by atoms with Gasteiger partial charge in [0.1, 0.15) is 0 Å². The lowest BCUT2D eigenvalue weighted by molar-refractivity contribution is -0.139. The van der Waals surface area contributed by atoms with E-state index in [9.17, 15) is 9.90 Å². The third-order valence-corrected chi connectivity index (χ3v) is 4.38. The first-order chi connectivity index (χ1) is 9.57. The Bertz CT molecular complexity index is 513. The lowest BCUT2D eigenvalue weighted by atomic mass is 9.88. The first kappa shape index (κ1) is 13.6. The predicted molar refractivity (Wildman–Crippen MR) is 77.3 cm³/mol. The molecule has 4 heteroatoms. The van der Waals surface area contributed by atoms with Crippen LogP contribution in [0.1, 0.15) is 36.8 Å². The number of β-amino-alcohol motifs (C(OH)–C–C–N with tert-alkyl or cyclic N) is 1. The standard InChI is InChI=1S/C16H22N2O2/c1-16(20)7-4-8-18(11-16)15(19)14-10-17-9-12-5-2-3-6-13(12)14/h2-3,5-6,14,17,20H,4,7-11H2,1H3. The Morgan fingerprint density at radius 1 is 1.45 bits per heavy atom. The third kappa shape index (κ3) is 2.58. The van der Waals surface area contributed by atoms with Gasteiger partial charge in [0, 0.05) is 26.2 Å². The van der Waals surface area contributed by atoms with Crippen molar-refractivity contribution in [1.29, 1.82) is 0 Å². The van der Waals surface area contributed by atoms with Gasteiger partial charge in [-0.3, -0.25) is 4.79 Å². The largest absolute Gasteiger partial charge is 0.388 e. The fourth-order valence-corrected chi connectivity index (χ4v) is 3.35. The number of amides is 1. The minimum atomic E-state index is -0.741. The number of aliphatic hydroxyl groups is 1. The smallest absolute Gasteiger partial charge is 0.231 e. The zero-order valence-electron chi connectivity index (χ0n) is 11.9. The van der Waals surface area contributed by atoms with Crippen molar-refractivity contribution < 1.29 is 9.90 Å². The Kier molecular flexibility index (Phi) is 3.52. The van der Waals surface area contributed by atoms with Crippen LogP contribution in [0.2, 0.25) is 0 Å². The van der Waals surface area contributed by atoms with Crippen LogP contribution >= 0.6 is 0 Å². The van der Waals surface area contributed by atoms with E-state index >= 15 is 0 Å². The molecule has 2 aliphatic heterocycles. The van der Waals surface area contributed by atoms with E-state index in [0.717, 1.165) is 31.5 Å². The highest BCUT2D eigenvalue weighted by Gasteiger charge is 2.35. The second-order valence-corrected chi connectivity index (χ2v) is 6.24. The molecule has 2 unspecified atom stereocenters. The molecule has 1 aromatic rings. The van der Waals surface area contributed by atoms with Crippen LogP contribution in [0, 0.1) is 0 Å². The summed E-state index contributed by atoms with van der Waals surface area (Å²) >= 11 is 0. The zero-order valence-corrected chi connectivity index (χ0v) is 11.9. The van der Waals surface area contributed by atoms with Crippen molar-refractivity contribution in [2.75, 3.05) is 19.6 Å². The number of benzene rings is 1. The molecule has 2 heterocycles. The van der Waals surface area contributed by atoms with Gasteiger partial charge in [0.2, 0.25) is 5.91 Å². The molecular weight excluding hydrogens is 252 g/mol. The van der Waals surface area contributed by atoms with Gasteiger partial charge in [-0.2, -0.15) is 0 Å². The highest BCUT2D eigenvalue weighted by atomic mass is 16.3. The van der Waals surface area contributed by atoms with Crippen LogP contribution in [-0.2, 0) is 11.3 Å². The number of nitrogens with one attached hydrogen (secondary N) is 1. The molecule has 2 atom stereocenters. The van der Waals surface area contributed by atoms with Crippen LogP contribution in [0.5, 0.6) is 0 Å². The molecule has 0 saturated carbocycles. The van der Waals surface area contributed by atoms with E-state index in [4.69, 9.17) is 0 Å². The maximum Gasteiger partial charge on any atom is 0.231 e. The normalized spacial score (nSPS) is 29.9. The lowest BCUT2D eigenvalue weighted by Crippen LogP contribution is -2.51. The summed E-state index contributed by atoms with van der Waals surface area (Å²) in [5, 5.41) is 13.5. The summed E-state index contributed by atoms with van der Waals surface area (Å²) in [6.07, 6.45) is 1.65. The summed E-state index contributed by atoms with van der Waals surface area (Å²) in [4.78, 5) is 14.6. The van der Waals surface area contributed by atoms with Gasteiger partial charge in [0.15, 0.2) is 0 Å². The molecule has 1 fully saturated rings. The molecule has 1 saturated heterocycles. The van der Waals surface area contributed by atoms with Crippen molar-refractivity contribution in [2.45, 2.75) is 37.8 Å². The number of nitrogens with zero attached hydrogens (tertiary/aromatic N) is 1. The van der Waals surface area contributed by atoms with Crippen LogP contribution in [0.3, 0.4) is 0 Å². The number of carbonyl (C=O) groups excluding carboxylic acids is 1. The van der Waals surface area contributed by atoms with Crippen molar-refractivity contribution in [1.82, 2.24) is 10.2 Å². The van der Waals surface area contributed by atoms with E-state index in [1.54, 1.807) is 0 Å².